The fourth-order valence-electron chi connectivity index (χ4n) is 11.8. The summed E-state index contributed by atoms with van der Waals surface area (Å²) < 4.78 is 4.41. The van der Waals surface area contributed by atoms with E-state index in [9.17, 15) is 0 Å². The zero-order chi connectivity index (χ0) is 45.5. The number of rotatable bonds is 5. The fraction of sp³-hybridized carbons (Fsp3) is 0.0952. The first-order valence-electron chi connectivity index (χ1n) is 23.6. The van der Waals surface area contributed by atoms with E-state index < -0.39 is 0 Å². The van der Waals surface area contributed by atoms with Gasteiger partial charge in [0.25, 0.3) is 0 Å². The van der Waals surface area contributed by atoms with Crippen molar-refractivity contribution >= 4 is 43.6 Å². The predicted octanol–water partition coefficient (Wildman–Crippen LogP) is 15.7. The van der Waals surface area contributed by atoms with Gasteiger partial charge in [0.2, 0.25) is 11.9 Å². The van der Waals surface area contributed by atoms with Gasteiger partial charge in [-0.05, 0) is 121 Å². The quantitative estimate of drug-likeness (QED) is 0.173. The van der Waals surface area contributed by atoms with Crippen molar-refractivity contribution in [3.63, 3.8) is 0 Å². The van der Waals surface area contributed by atoms with Crippen LogP contribution < -0.4 is 0 Å². The molecule has 14 rings (SSSR count). The molecule has 0 amide bonds. The maximum atomic E-state index is 5.53. The van der Waals surface area contributed by atoms with Gasteiger partial charge in [-0.2, -0.15) is 15.0 Å². The Kier molecular flexibility index (Phi) is 8.02. The van der Waals surface area contributed by atoms with Gasteiger partial charge in [-0.25, -0.2) is 0 Å². The minimum Gasteiger partial charge on any atom is -0.278 e. The summed E-state index contributed by atoms with van der Waals surface area (Å²) in [5.74, 6) is 1.72. The van der Waals surface area contributed by atoms with Gasteiger partial charge in [0.15, 0.2) is 5.82 Å². The molecule has 5 nitrogen and oxygen atoms in total. The van der Waals surface area contributed by atoms with Crippen LogP contribution in [0.25, 0.3) is 111 Å². The highest BCUT2D eigenvalue weighted by Crippen LogP contribution is 2.52. The van der Waals surface area contributed by atoms with Crippen molar-refractivity contribution in [2.24, 2.45) is 0 Å². The molecule has 5 heteroatoms. The fourth-order valence-corrected chi connectivity index (χ4v) is 11.8. The van der Waals surface area contributed by atoms with Crippen LogP contribution in [-0.2, 0) is 10.8 Å². The second-order valence-electron chi connectivity index (χ2n) is 19.7. The van der Waals surface area contributed by atoms with E-state index in [1.165, 1.54) is 44.5 Å². The van der Waals surface area contributed by atoms with Crippen molar-refractivity contribution in [3.05, 3.63) is 222 Å². The van der Waals surface area contributed by atoms with Gasteiger partial charge in [0, 0.05) is 37.9 Å². The van der Waals surface area contributed by atoms with Gasteiger partial charge < -0.3 is 0 Å². The molecule has 3 aromatic heterocycles. The zero-order valence-corrected chi connectivity index (χ0v) is 38.3. The van der Waals surface area contributed by atoms with E-state index in [0.29, 0.717) is 17.7 Å². The monoisotopic (exact) mass is 871 g/mol. The summed E-state index contributed by atoms with van der Waals surface area (Å²) in [5, 5.41) is 4.60. The van der Waals surface area contributed by atoms with E-state index in [1.54, 1.807) is 0 Å². The highest BCUT2D eigenvalue weighted by molar-refractivity contribution is 6.10. The van der Waals surface area contributed by atoms with Gasteiger partial charge in [0.1, 0.15) is 0 Å². The van der Waals surface area contributed by atoms with Crippen molar-refractivity contribution in [3.8, 4) is 67.8 Å². The number of benzene rings is 9. The van der Waals surface area contributed by atoms with Crippen LogP contribution in [0.2, 0.25) is 0 Å². The Bertz CT molecular complexity index is 3740. The number of nitrogens with zero attached hydrogens (tertiary/aromatic N) is 5. The molecule has 0 saturated heterocycles. The first kappa shape index (κ1) is 38.8. The van der Waals surface area contributed by atoms with E-state index in [0.717, 1.165) is 71.4 Å². The van der Waals surface area contributed by atoms with Crippen LogP contribution in [0.15, 0.2) is 200 Å². The van der Waals surface area contributed by atoms with E-state index in [1.807, 2.05) is 0 Å². The molecule has 0 aliphatic heterocycles. The third kappa shape index (κ3) is 5.47. The minimum absolute atomic E-state index is 0.147. The maximum absolute atomic E-state index is 5.53. The van der Waals surface area contributed by atoms with Crippen molar-refractivity contribution in [1.29, 1.82) is 0 Å². The average molecular weight is 872 g/mol. The average Bonchev–Trinajstić information content (AvgIpc) is 4.05. The zero-order valence-electron chi connectivity index (χ0n) is 38.3. The van der Waals surface area contributed by atoms with E-state index in [4.69, 9.17) is 15.0 Å². The summed E-state index contributed by atoms with van der Waals surface area (Å²) in [4.78, 5) is 16.5. The summed E-state index contributed by atoms with van der Waals surface area (Å²) in [6.07, 6.45) is 0. The lowest BCUT2D eigenvalue weighted by molar-refractivity contribution is 0.660. The molecule has 2 aliphatic rings. The van der Waals surface area contributed by atoms with Crippen LogP contribution in [0, 0.1) is 0 Å². The maximum Gasteiger partial charge on any atom is 0.240 e. The molecule has 0 unspecified atom stereocenters. The summed E-state index contributed by atoms with van der Waals surface area (Å²) in [6, 6.07) is 72.9. The third-order valence-electron chi connectivity index (χ3n) is 15.2. The highest BCUT2D eigenvalue weighted by atomic mass is 15.3. The number of para-hydroxylation sites is 4. The SMILES string of the molecule is CC1(C)c2ccccc2-c2ccc(-c3cc(-c4ccc5c(c4)C(C)(C)c4ccccc4-5)cc(-c4nc(-n5c6ccccc6c6ccccc65)nc(-n5c6ccccc6c6ccccc65)n4)c3)cc21. The summed E-state index contributed by atoms with van der Waals surface area (Å²) >= 11 is 0. The first-order valence-corrected chi connectivity index (χ1v) is 23.6. The van der Waals surface area contributed by atoms with Crippen LogP contribution in [0.4, 0.5) is 0 Å². The Morgan fingerprint density at radius 3 is 1.04 bits per heavy atom. The molecule has 0 atom stereocenters. The largest absolute Gasteiger partial charge is 0.278 e. The molecule has 12 aromatic rings. The van der Waals surface area contributed by atoms with Crippen LogP contribution in [-0.4, -0.2) is 24.1 Å². The molecule has 68 heavy (non-hydrogen) atoms. The van der Waals surface area contributed by atoms with Gasteiger partial charge in [-0.3, -0.25) is 9.13 Å². The lowest BCUT2D eigenvalue weighted by atomic mass is 9.81. The third-order valence-corrected chi connectivity index (χ3v) is 15.2. The second kappa shape index (κ2) is 14.1. The lowest BCUT2D eigenvalue weighted by Gasteiger charge is -2.22. The van der Waals surface area contributed by atoms with Crippen molar-refractivity contribution in [2.45, 2.75) is 38.5 Å². The van der Waals surface area contributed by atoms with Crippen molar-refractivity contribution in [2.75, 3.05) is 0 Å². The van der Waals surface area contributed by atoms with E-state index >= 15 is 0 Å². The van der Waals surface area contributed by atoms with Gasteiger partial charge in [0.05, 0.1) is 22.1 Å². The topological polar surface area (TPSA) is 48.5 Å². The molecular weight excluding hydrogens is 827 g/mol. The lowest BCUT2D eigenvalue weighted by Crippen LogP contribution is -2.15. The Hall–Kier alpha value is -8.41. The van der Waals surface area contributed by atoms with Crippen LogP contribution >= 0.6 is 0 Å². The van der Waals surface area contributed by atoms with Crippen LogP contribution in [0.3, 0.4) is 0 Å². The minimum atomic E-state index is -0.147. The summed E-state index contributed by atoms with van der Waals surface area (Å²) in [7, 11) is 0. The van der Waals surface area contributed by atoms with Crippen molar-refractivity contribution < 1.29 is 0 Å². The Balaban J connectivity index is 1.05. The van der Waals surface area contributed by atoms with Gasteiger partial charge in [-0.1, -0.05) is 173 Å². The standard InChI is InChI=1S/C63H45N5/c1-62(2)51-23-11-5-17-43(51)45-31-29-38(36-53(45)62)40-33-41(39-30-32-46-44-18-6-12-24-52(44)63(3,4)54(46)37-39)35-42(34-40)59-64-60(67-55-25-13-7-19-47(55)48-20-8-14-26-56(48)67)66-61(65-59)68-57-27-15-9-21-49(57)50-22-10-16-28-58(50)68/h5-37H,1-4H3. The first-order chi connectivity index (χ1) is 33.2. The molecule has 0 N–H and O–H groups in total. The Labute approximate surface area is 394 Å². The number of hydrogen-bond donors (Lipinski definition) is 0. The van der Waals surface area contributed by atoms with Gasteiger partial charge in [-0.15, -0.1) is 0 Å². The normalized spacial score (nSPS) is 14.1. The summed E-state index contributed by atoms with van der Waals surface area (Å²) in [5.41, 5.74) is 19.9. The second-order valence-corrected chi connectivity index (χ2v) is 19.7. The Morgan fingerprint density at radius 2 is 0.632 bits per heavy atom. The summed E-state index contributed by atoms with van der Waals surface area (Å²) in [6.45, 7) is 9.41. The molecule has 0 radical (unpaired) electrons. The molecule has 0 saturated carbocycles. The van der Waals surface area contributed by atoms with Crippen LogP contribution in [0.5, 0.6) is 0 Å². The molecule has 3 heterocycles. The molecule has 0 bridgehead atoms. The number of hydrogen-bond acceptors (Lipinski definition) is 3. The molecule has 2 aliphatic carbocycles. The smallest absolute Gasteiger partial charge is 0.240 e. The molecule has 9 aromatic carbocycles. The number of aromatic nitrogens is 5. The number of fused-ring (bicyclic) bond motifs is 12. The molecule has 322 valence electrons. The highest BCUT2D eigenvalue weighted by Gasteiger charge is 2.37. The van der Waals surface area contributed by atoms with Gasteiger partial charge >= 0.3 is 0 Å². The molecule has 0 fully saturated rings. The van der Waals surface area contributed by atoms with E-state index in [-0.39, 0.29) is 10.8 Å². The molecular formula is C63H45N5. The molecule has 0 spiro atoms. The van der Waals surface area contributed by atoms with Crippen LogP contribution in [0.1, 0.15) is 49.9 Å². The van der Waals surface area contributed by atoms with Crippen molar-refractivity contribution in [1.82, 2.24) is 24.1 Å². The predicted molar refractivity (Wildman–Crippen MR) is 280 cm³/mol. The Morgan fingerprint density at radius 1 is 0.294 bits per heavy atom. The van der Waals surface area contributed by atoms with E-state index in [2.05, 4.69) is 237 Å².